The quantitative estimate of drug-likeness (QED) is 0.428. The van der Waals surface area contributed by atoms with Gasteiger partial charge >= 0.3 is 5.97 Å². The van der Waals surface area contributed by atoms with Crippen LogP contribution in [-0.2, 0) is 23.8 Å². The molecule has 0 aromatic heterocycles. The lowest BCUT2D eigenvalue weighted by Gasteiger charge is -2.33. The van der Waals surface area contributed by atoms with Gasteiger partial charge in [0.05, 0.1) is 20.3 Å². The maximum Gasteiger partial charge on any atom is 0.341 e. The molecule has 0 amide bonds. The van der Waals surface area contributed by atoms with Gasteiger partial charge in [-0.3, -0.25) is 4.79 Å². The second-order valence-electron chi connectivity index (χ2n) is 5.67. The minimum absolute atomic E-state index is 0.0751. The van der Waals surface area contributed by atoms with E-state index in [1.807, 2.05) is 0 Å². The van der Waals surface area contributed by atoms with Crippen LogP contribution in [0.1, 0.15) is 45.4 Å². The van der Waals surface area contributed by atoms with Crippen molar-refractivity contribution in [2.75, 3.05) is 20.3 Å². The van der Waals surface area contributed by atoms with E-state index in [0.717, 1.165) is 25.7 Å². The third-order valence-electron chi connectivity index (χ3n) is 4.12. The van der Waals surface area contributed by atoms with Crippen LogP contribution in [0.3, 0.4) is 0 Å². The molecule has 1 heterocycles. The Bertz CT molecular complexity index is 420. The van der Waals surface area contributed by atoms with Gasteiger partial charge in [-0.05, 0) is 12.5 Å². The molecule has 0 bridgehead atoms. The first-order valence-electron chi connectivity index (χ1n) is 7.75. The van der Waals surface area contributed by atoms with E-state index in [1.54, 1.807) is 0 Å². The maximum atomic E-state index is 12.4. The lowest BCUT2D eigenvalue weighted by Crippen LogP contribution is -2.40. The Morgan fingerprint density at radius 2 is 2.05 bits per heavy atom. The summed E-state index contributed by atoms with van der Waals surface area (Å²) < 4.78 is 16.0. The first-order chi connectivity index (χ1) is 10.1. The fraction of sp³-hybridized carbons (Fsp3) is 0.750. The molecule has 1 atom stereocenters. The van der Waals surface area contributed by atoms with Crippen LogP contribution in [0.4, 0.5) is 0 Å². The fourth-order valence-electron chi connectivity index (χ4n) is 3.00. The highest BCUT2D eigenvalue weighted by Crippen LogP contribution is 2.38. The minimum Gasteiger partial charge on any atom is -0.465 e. The van der Waals surface area contributed by atoms with Crippen LogP contribution in [0.25, 0.3) is 0 Å². The number of hydrogen-bond donors (Lipinski definition) is 0. The number of ketones is 1. The van der Waals surface area contributed by atoms with Gasteiger partial charge in [-0.1, -0.05) is 32.6 Å². The summed E-state index contributed by atoms with van der Waals surface area (Å²) >= 11 is 0. The van der Waals surface area contributed by atoms with Crippen LogP contribution in [-0.4, -0.2) is 37.9 Å². The normalized spacial score (nSPS) is 24.2. The van der Waals surface area contributed by atoms with Gasteiger partial charge in [0.25, 0.3) is 0 Å². The van der Waals surface area contributed by atoms with Crippen molar-refractivity contribution in [3.05, 3.63) is 11.6 Å². The topological polar surface area (TPSA) is 61.8 Å². The highest BCUT2D eigenvalue weighted by Gasteiger charge is 2.45. The molecule has 2 aliphatic rings. The Hall–Kier alpha value is -1.20. The molecule has 1 fully saturated rings. The van der Waals surface area contributed by atoms with E-state index in [9.17, 15) is 9.59 Å². The predicted molar refractivity (Wildman–Crippen MR) is 76.6 cm³/mol. The number of carbonyl (C=O) groups excluding carboxylic acids is 2. The Morgan fingerprint density at radius 3 is 2.67 bits per heavy atom. The molecule has 5 nitrogen and oxygen atoms in total. The molecule has 2 rings (SSSR count). The molecule has 118 valence electrons. The SMILES string of the molecule is CCCCCCC1CC2(C=C(C(=O)OC)C1=O)OCCO2. The zero-order valence-corrected chi connectivity index (χ0v) is 12.9. The van der Waals surface area contributed by atoms with Gasteiger partial charge in [-0.25, -0.2) is 4.79 Å². The summed E-state index contributed by atoms with van der Waals surface area (Å²) in [6.45, 7) is 3.13. The van der Waals surface area contributed by atoms with Crippen LogP contribution in [0.2, 0.25) is 0 Å². The van der Waals surface area contributed by atoms with Gasteiger partial charge in [0.15, 0.2) is 11.6 Å². The van der Waals surface area contributed by atoms with Crippen molar-refractivity contribution in [2.45, 2.75) is 51.2 Å². The Labute approximate surface area is 125 Å². The lowest BCUT2D eigenvalue weighted by molar-refractivity contribution is -0.153. The van der Waals surface area contributed by atoms with Crippen molar-refractivity contribution in [1.82, 2.24) is 0 Å². The van der Waals surface area contributed by atoms with Gasteiger partial charge < -0.3 is 14.2 Å². The van der Waals surface area contributed by atoms with Gasteiger partial charge in [-0.15, -0.1) is 0 Å². The van der Waals surface area contributed by atoms with E-state index >= 15 is 0 Å². The van der Waals surface area contributed by atoms with E-state index in [1.165, 1.54) is 19.6 Å². The smallest absolute Gasteiger partial charge is 0.341 e. The van der Waals surface area contributed by atoms with Crippen molar-refractivity contribution in [3.8, 4) is 0 Å². The summed E-state index contributed by atoms with van der Waals surface area (Å²) in [5, 5.41) is 0. The van der Waals surface area contributed by atoms with Gasteiger partial charge in [0.2, 0.25) is 0 Å². The summed E-state index contributed by atoms with van der Waals surface area (Å²) in [4.78, 5) is 24.3. The average molecular weight is 296 g/mol. The Morgan fingerprint density at radius 1 is 1.33 bits per heavy atom. The second kappa shape index (κ2) is 7.18. The maximum absolute atomic E-state index is 12.4. The second-order valence-corrected chi connectivity index (χ2v) is 5.67. The fourth-order valence-corrected chi connectivity index (χ4v) is 3.00. The van der Waals surface area contributed by atoms with Crippen LogP contribution in [0.5, 0.6) is 0 Å². The number of Topliss-reactive ketones (excluding diaryl/α,β-unsaturated/α-hetero) is 1. The van der Waals surface area contributed by atoms with Crippen molar-refractivity contribution >= 4 is 11.8 Å². The molecule has 5 heteroatoms. The number of hydrogen-bond acceptors (Lipinski definition) is 5. The number of rotatable bonds is 6. The largest absolute Gasteiger partial charge is 0.465 e. The van der Waals surface area contributed by atoms with Crippen LogP contribution < -0.4 is 0 Å². The number of ether oxygens (including phenoxy) is 3. The molecule has 1 aliphatic carbocycles. The van der Waals surface area contributed by atoms with E-state index in [-0.39, 0.29) is 17.3 Å². The van der Waals surface area contributed by atoms with Crippen LogP contribution >= 0.6 is 0 Å². The summed E-state index contributed by atoms with van der Waals surface area (Å²) in [5.41, 5.74) is 0.0751. The summed E-state index contributed by atoms with van der Waals surface area (Å²) in [5.74, 6) is -1.87. The summed E-state index contributed by atoms with van der Waals surface area (Å²) in [6.07, 6.45) is 7.18. The average Bonchev–Trinajstić information content (AvgIpc) is 2.94. The molecule has 21 heavy (non-hydrogen) atoms. The molecule has 0 N–H and O–H groups in total. The van der Waals surface area contributed by atoms with Crippen LogP contribution in [0, 0.1) is 5.92 Å². The molecule has 1 aliphatic heterocycles. The van der Waals surface area contributed by atoms with Gasteiger partial charge in [-0.2, -0.15) is 0 Å². The summed E-state index contributed by atoms with van der Waals surface area (Å²) in [7, 11) is 1.28. The predicted octanol–water partition coefficient (Wildman–Crippen LogP) is 2.39. The van der Waals surface area contributed by atoms with Gasteiger partial charge in [0.1, 0.15) is 5.57 Å². The zero-order valence-electron chi connectivity index (χ0n) is 12.9. The standard InChI is InChI=1S/C16H24O5/c1-3-4-5-6-7-12-10-16(20-8-9-21-16)11-13(14(12)17)15(18)19-2/h11-12H,3-10H2,1-2H3. The van der Waals surface area contributed by atoms with Crippen molar-refractivity contribution in [1.29, 1.82) is 0 Å². The number of methoxy groups -OCH3 is 1. The number of unbranched alkanes of at least 4 members (excludes halogenated alkanes) is 3. The highest BCUT2D eigenvalue weighted by molar-refractivity contribution is 6.18. The molecule has 1 saturated heterocycles. The summed E-state index contributed by atoms with van der Waals surface area (Å²) in [6, 6.07) is 0. The monoisotopic (exact) mass is 296 g/mol. The third kappa shape index (κ3) is 3.71. The third-order valence-corrected chi connectivity index (χ3v) is 4.12. The van der Waals surface area contributed by atoms with Crippen molar-refractivity contribution < 1.29 is 23.8 Å². The van der Waals surface area contributed by atoms with Crippen molar-refractivity contribution in [3.63, 3.8) is 0 Å². The Balaban J connectivity index is 2.11. The first kappa shape index (κ1) is 16.2. The molecule has 0 radical (unpaired) electrons. The molecule has 1 spiro atoms. The first-order valence-corrected chi connectivity index (χ1v) is 7.75. The molecule has 0 saturated carbocycles. The molecule has 0 aromatic rings. The lowest BCUT2D eigenvalue weighted by atomic mass is 9.81. The number of esters is 1. The minimum atomic E-state index is -0.910. The van der Waals surface area contributed by atoms with Crippen LogP contribution in [0.15, 0.2) is 11.6 Å². The molecule has 0 aromatic carbocycles. The molecular weight excluding hydrogens is 272 g/mol. The van der Waals surface area contributed by atoms with Gasteiger partial charge in [0, 0.05) is 12.3 Å². The van der Waals surface area contributed by atoms with Crippen molar-refractivity contribution in [2.24, 2.45) is 5.92 Å². The van der Waals surface area contributed by atoms with E-state index in [4.69, 9.17) is 14.2 Å². The Kier molecular flexibility index (Phi) is 5.53. The zero-order chi connectivity index (χ0) is 15.3. The highest BCUT2D eigenvalue weighted by atomic mass is 16.7. The molecular formula is C16H24O5. The number of carbonyl (C=O) groups is 2. The van der Waals surface area contributed by atoms with E-state index in [2.05, 4.69) is 6.92 Å². The van der Waals surface area contributed by atoms with E-state index < -0.39 is 11.8 Å². The van der Waals surface area contributed by atoms with E-state index in [0.29, 0.717) is 19.6 Å². The molecule has 1 unspecified atom stereocenters.